The SMILES string of the molecule is CCC=Cc1c(OC)cc(=O)oc1CC(CCC)c1c(OC)cc(=O)oc1C. The summed E-state index contributed by atoms with van der Waals surface area (Å²) >= 11 is 0. The van der Waals surface area contributed by atoms with Crippen LogP contribution in [0.1, 0.15) is 61.7 Å². The molecule has 0 spiro atoms. The van der Waals surface area contributed by atoms with Crippen LogP contribution >= 0.6 is 0 Å². The van der Waals surface area contributed by atoms with Crippen molar-refractivity contribution in [3.63, 3.8) is 0 Å². The molecule has 0 aliphatic carbocycles. The summed E-state index contributed by atoms with van der Waals surface area (Å²) in [7, 11) is 3.06. The second kappa shape index (κ2) is 9.97. The van der Waals surface area contributed by atoms with Gasteiger partial charge in [0.25, 0.3) is 0 Å². The Bertz CT molecular complexity index is 935. The van der Waals surface area contributed by atoms with E-state index in [1.807, 2.05) is 19.1 Å². The van der Waals surface area contributed by atoms with E-state index in [0.717, 1.165) is 30.4 Å². The molecule has 28 heavy (non-hydrogen) atoms. The summed E-state index contributed by atoms with van der Waals surface area (Å²) in [6.45, 7) is 5.86. The Morgan fingerprint density at radius 3 is 2.29 bits per heavy atom. The van der Waals surface area contributed by atoms with E-state index in [4.69, 9.17) is 18.3 Å². The number of allylic oxidation sites excluding steroid dienone is 1. The Balaban J connectivity index is 2.60. The molecule has 0 saturated heterocycles. The zero-order valence-corrected chi connectivity index (χ0v) is 17.2. The van der Waals surface area contributed by atoms with Crippen molar-refractivity contribution in [3.8, 4) is 11.5 Å². The molecule has 6 nitrogen and oxygen atoms in total. The van der Waals surface area contributed by atoms with Crippen LogP contribution in [0, 0.1) is 6.92 Å². The Hall–Kier alpha value is -2.76. The van der Waals surface area contributed by atoms with Crippen molar-refractivity contribution in [2.45, 2.75) is 52.4 Å². The molecule has 152 valence electrons. The molecule has 1 unspecified atom stereocenters. The lowest BCUT2D eigenvalue weighted by molar-refractivity contribution is 0.366. The van der Waals surface area contributed by atoms with Crippen molar-refractivity contribution in [3.05, 3.63) is 61.7 Å². The molecule has 2 heterocycles. The van der Waals surface area contributed by atoms with E-state index in [2.05, 4.69) is 6.92 Å². The lowest BCUT2D eigenvalue weighted by Gasteiger charge is -2.21. The van der Waals surface area contributed by atoms with Crippen LogP contribution in [0.25, 0.3) is 6.08 Å². The van der Waals surface area contributed by atoms with E-state index >= 15 is 0 Å². The Morgan fingerprint density at radius 2 is 1.68 bits per heavy atom. The molecule has 0 saturated carbocycles. The minimum Gasteiger partial charge on any atom is -0.496 e. The summed E-state index contributed by atoms with van der Waals surface area (Å²) in [5.41, 5.74) is 0.658. The normalized spacial score (nSPS) is 12.3. The molecule has 0 aliphatic heterocycles. The maximum atomic E-state index is 12.1. The Morgan fingerprint density at radius 1 is 1.04 bits per heavy atom. The largest absolute Gasteiger partial charge is 0.496 e. The first-order valence-electron chi connectivity index (χ1n) is 9.51. The van der Waals surface area contributed by atoms with Gasteiger partial charge in [-0.1, -0.05) is 32.4 Å². The number of methoxy groups -OCH3 is 2. The fraction of sp³-hybridized carbons (Fsp3) is 0.455. The first-order chi connectivity index (χ1) is 13.4. The lowest BCUT2D eigenvalue weighted by Crippen LogP contribution is -2.13. The molecule has 2 aromatic heterocycles. The van der Waals surface area contributed by atoms with E-state index < -0.39 is 11.3 Å². The van der Waals surface area contributed by atoms with Crippen LogP contribution in [0.15, 0.2) is 36.6 Å². The summed E-state index contributed by atoms with van der Waals surface area (Å²) in [5, 5.41) is 0. The standard InChI is InChI=1S/C22H28O6/c1-6-8-10-16-17(25-4)12-21(24)28-18(16)11-15(9-7-2)22-14(3)27-20(23)13-19(22)26-5/h8,10,12-13,15H,6-7,9,11H2,1-5H3. The van der Waals surface area contributed by atoms with Crippen LogP contribution in [0.3, 0.4) is 0 Å². The van der Waals surface area contributed by atoms with E-state index in [1.54, 1.807) is 6.92 Å². The van der Waals surface area contributed by atoms with Crippen molar-refractivity contribution in [1.29, 1.82) is 0 Å². The predicted octanol–water partition coefficient (Wildman–Crippen LogP) is 4.47. The third-order valence-corrected chi connectivity index (χ3v) is 4.62. The molecular formula is C22H28O6. The van der Waals surface area contributed by atoms with Gasteiger partial charge in [0.1, 0.15) is 23.0 Å². The fourth-order valence-electron chi connectivity index (χ4n) is 3.43. The van der Waals surface area contributed by atoms with E-state index in [0.29, 0.717) is 29.4 Å². The van der Waals surface area contributed by atoms with E-state index in [-0.39, 0.29) is 5.92 Å². The van der Waals surface area contributed by atoms with E-state index in [9.17, 15) is 9.59 Å². The topological polar surface area (TPSA) is 78.9 Å². The molecule has 1 atom stereocenters. The van der Waals surface area contributed by atoms with Gasteiger partial charge in [0.2, 0.25) is 0 Å². The average molecular weight is 388 g/mol. The predicted molar refractivity (Wildman–Crippen MR) is 108 cm³/mol. The van der Waals surface area contributed by atoms with Crippen molar-refractivity contribution >= 4 is 6.08 Å². The van der Waals surface area contributed by atoms with Crippen molar-refractivity contribution in [1.82, 2.24) is 0 Å². The second-order valence-electron chi connectivity index (χ2n) is 6.57. The number of aryl methyl sites for hydroxylation is 1. The molecule has 0 fully saturated rings. The second-order valence-corrected chi connectivity index (χ2v) is 6.57. The lowest BCUT2D eigenvalue weighted by atomic mass is 9.88. The molecule has 0 bridgehead atoms. The quantitative estimate of drug-likeness (QED) is 0.631. The van der Waals surface area contributed by atoms with Gasteiger partial charge in [0.05, 0.1) is 31.9 Å². The van der Waals surface area contributed by atoms with Gasteiger partial charge in [-0.25, -0.2) is 9.59 Å². The van der Waals surface area contributed by atoms with Gasteiger partial charge in [0, 0.05) is 12.0 Å². The number of hydrogen-bond donors (Lipinski definition) is 0. The molecule has 2 rings (SSSR count). The number of rotatable bonds is 9. The smallest absolute Gasteiger partial charge is 0.339 e. The van der Waals surface area contributed by atoms with Crippen LogP contribution in [0.2, 0.25) is 0 Å². The monoisotopic (exact) mass is 388 g/mol. The number of ether oxygens (including phenoxy) is 2. The van der Waals surface area contributed by atoms with Crippen molar-refractivity contribution in [2.24, 2.45) is 0 Å². The van der Waals surface area contributed by atoms with Crippen LogP contribution in [0.5, 0.6) is 11.5 Å². The summed E-state index contributed by atoms with van der Waals surface area (Å²) in [6, 6.07) is 2.70. The molecule has 6 heteroatoms. The fourth-order valence-corrected chi connectivity index (χ4v) is 3.43. The summed E-state index contributed by atoms with van der Waals surface area (Å²) in [4.78, 5) is 23.8. The van der Waals surface area contributed by atoms with Gasteiger partial charge in [-0.2, -0.15) is 0 Å². The highest BCUT2D eigenvalue weighted by Gasteiger charge is 2.24. The zero-order valence-electron chi connectivity index (χ0n) is 17.2. The van der Waals surface area contributed by atoms with Crippen LogP contribution < -0.4 is 20.7 Å². The average Bonchev–Trinajstić information content (AvgIpc) is 2.65. The highest BCUT2D eigenvalue weighted by Crippen LogP contribution is 2.36. The highest BCUT2D eigenvalue weighted by atomic mass is 16.5. The zero-order chi connectivity index (χ0) is 20.7. The maximum absolute atomic E-state index is 12.1. The number of hydrogen-bond acceptors (Lipinski definition) is 6. The molecule has 0 radical (unpaired) electrons. The van der Waals surface area contributed by atoms with Crippen LogP contribution in [-0.4, -0.2) is 14.2 Å². The van der Waals surface area contributed by atoms with Crippen LogP contribution in [-0.2, 0) is 6.42 Å². The molecular weight excluding hydrogens is 360 g/mol. The summed E-state index contributed by atoms with van der Waals surface area (Å²) < 4.78 is 21.7. The Kier molecular flexibility index (Phi) is 7.67. The highest BCUT2D eigenvalue weighted by molar-refractivity contribution is 5.59. The van der Waals surface area contributed by atoms with E-state index in [1.165, 1.54) is 26.4 Å². The van der Waals surface area contributed by atoms with Crippen molar-refractivity contribution in [2.75, 3.05) is 14.2 Å². The molecule has 0 aliphatic rings. The first kappa shape index (κ1) is 21.5. The summed E-state index contributed by atoms with van der Waals surface area (Å²) in [6.07, 6.45) is 6.91. The summed E-state index contributed by atoms with van der Waals surface area (Å²) in [5.74, 6) is 1.98. The van der Waals surface area contributed by atoms with Gasteiger partial charge in [-0.3, -0.25) is 0 Å². The molecule has 0 aromatic carbocycles. The van der Waals surface area contributed by atoms with Gasteiger partial charge in [-0.15, -0.1) is 0 Å². The van der Waals surface area contributed by atoms with Gasteiger partial charge in [-0.05, 0) is 25.7 Å². The molecule has 2 aromatic rings. The first-order valence-corrected chi connectivity index (χ1v) is 9.51. The maximum Gasteiger partial charge on any atom is 0.339 e. The van der Waals surface area contributed by atoms with Crippen molar-refractivity contribution < 1.29 is 18.3 Å². The minimum absolute atomic E-state index is 0.0478. The third kappa shape index (κ3) is 4.94. The van der Waals surface area contributed by atoms with Gasteiger partial charge >= 0.3 is 11.3 Å². The van der Waals surface area contributed by atoms with Gasteiger partial charge < -0.3 is 18.3 Å². The van der Waals surface area contributed by atoms with Gasteiger partial charge in [0.15, 0.2) is 0 Å². The minimum atomic E-state index is -0.459. The molecule has 0 amide bonds. The third-order valence-electron chi connectivity index (χ3n) is 4.62. The van der Waals surface area contributed by atoms with Crippen LogP contribution in [0.4, 0.5) is 0 Å². The Labute approximate surface area is 164 Å². The molecule has 0 N–H and O–H groups in total.